The number of hydrogen-bond acceptors (Lipinski definition) is 4. The Bertz CT molecular complexity index is 661. The van der Waals surface area contributed by atoms with Crippen molar-refractivity contribution >= 4 is 11.6 Å². The summed E-state index contributed by atoms with van der Waals surface area (Å²) in [5.74, 6) is 1.43. The van der Waals surface area contributed by atoms with Crippen LogP contribution in [0.15, 0.2) is 18.2 Å². The summed E-state index contributed by atoms with van der Waals surface area (Å²) in [5.41, 5.74) is 0.848. The number of aromatic nitrogens is 3. The van der Waals surface area contributed by atoms with Gasteiger partial charge in [-0.25, -0.2) is 4.39 Å². The van der Waals surface area contributed by atoms with Crippen LogP contribution < -0.4 is 5.32 Å². The minimum absolute atomic E-state index is 0.0123. The molecule has 2 aromatic rings. The quantitative estimate of drug-likeness (QED) is 0.939. The number of ether oxygens (including phenoxy) is 1. The molecular formula is C15H18ClFN4O. The van der Waals surface area contributed by atoms with E-state index >= 15 is 0 Å². The lowest BCUT2D eigenvalue weighted by Gasteiger charge is -2.15. The van der Waals surface area contributed by atoms with Gasteiger partial charge >= 0.3 is 0 Å². The summed E-state index contributed by atoms with van der Waals surface area (Å²) in [6.07, 6.45) is 0.783. The zero-order valence-electron chi connectivity index (χ0n) is 12.4. The normalized spacial score (nSPS) is 16.1. The molecule has 0 saturated carbocycles. The van der Waals surface area contributed by atoms with Gasteiger partial charge in [0.2, 0.25) is 0 Å². The second-order valence-corrected chi connectivity index (χ2v) is 5.73. The number of hydrogen-bond donors (Lipinski definition) is 1. The van der Waals surface area contributed by atoms with Gasteiger partial charge in [0.25, 0.3) is 0 Å². The molecule has 0 radical (unpaired) electrons. The van der Waals surface area contributed by atoms with E-state index in [1.54, 1.807) is 6.07 Å². The van der Waals surface area contributed by atoms with Gasteiger partial charge in [-0.2, -0.15) is 0 Å². The molecule has 1 aliphatic rings. The van der Waals surface area contributed by atoms with E-state index in [9.17, 15) is 4.39 Å². The molecule has 0 spiro atoms. The Morgan fingerprint density at radius 2 is 2.27 bits per heavy atom. The van der Waals surface area contributed by atoms with E-state index in [0.717, 1.165) is 30.2 Å². The molecule has 22 heavy (non-hydrogen) atoms. The van der Waals surface area contributed by atoms with Gasteiger partial charge in [-0.3, -0.25) is 0 Å². The molecule has 1 aromatic heterocycles. The third-order valence-electron chi connectivity index (χ3n) is 3.84. The third kappa shape index (κ3) is 3.29. The number of rotatable bonds is 4. The summed E-state index contributed by atoms with van der Waals surface area (Å²) in [5, 5.41) is 11.9. The molecule has 5 nitrogen and oxygen atoms in total. The van der Waals surface area contributed by atoms with E-state index in [-0.39, 0.29) is 11.1 Å². The Labute approximate surface area is 133 Å². The van der Waals surface area contributed by atoms with Crippen LogP contribution in [0.1, 0.15) is 30.2 Å². The zero-order valence-corrected chi connectivity index (χ0v) is 13.1. The van der Waals surface area contributed by atoms with Crippen molar-refractivity contribution in [3.05, 3.63) is 46.3 Å². The van der Waals surface area contributed by atoms with E-state index in [1.165, 1.54) is 6.07 Å². The van der Waals surface area contributed by atoms with Crippen molar-refractivity contribution in [1.82, 2.24) is 20.1 Å². The largest absolute Gasteiger partial charge is 0.379 e. The molecule has 0 fully saturated rings. The molecular weight excluding hydrogens is 307 g/mol. The molecule has 1 aliphatic heterocycles. The SMILES string of the molecule is CC(NCc1nnc2n1CCOCC2)c1ccc(Cl)c(F)c1. The highest BCUT2D eigenvalue weighted by Gasteiger charge is 2.16. The van der Waals surface area contributed by atoms with Crippen LogP contribution in [0, 0.1) is 5.82 Å². The summed E-state index contributed by atoms with van der Waals surface area (Å²) in [4.78, 5) is 0. The topological polar surface area (TPSA) is 52.0 Å². The fourth-order valence-corrected chi connectivity index (χ4v) is 2.63. The van der Waals surface area contributed by atoms with Crippen LogP contribution >= 0.6 is 11.6 Å². The van der Waals surface area contributed by atoms with Crippen LogP contribution in [0.4, 0.5) is 4.39 Å². The lowest BCUT2D eigenvalue weighted by molar-refractivity contribution is 0.139. The summed E-state index contributed by atoms with van der Waals surface area (Å²) >= 11 is 5.71. The van der Waals surface area contributed by atoms with Crippen molar-refractivity contribution in [3.8, 4) is 0 Å². The predicted octanol–water partition coefficient (Wildman–Crippen LogP) is 2.49. The van der Waals surface area contributed by atoms with Gasteiger partial charge in [0, 0.05) is 19.0 Å². The van der Waals surface area contributed by atoms with Crippen molar-refractivity contribution in [2.75, 3.05) is 13.2 Å². The highest BCUT2D eigenvalue weighted by molar-refractivity contribution is 6.30. The first-order chi connectivity index (χ1) is 10.6. The smallest absolute Gasteiger partial charge is 0.147 e. The highest BCUT2D eigenvalue weighted by Crippen LogP contribution is 2.20. The fourth-order valence-electron chi connectivity index (χ4n) is 2.51. The van der Waals surface area contributed by atoms with Gasteiger partial charge in [-0.05, 0) is 24.6 Å². The van der Waals surface area contributed by atoms with Crippen LogP contribution in [0.3, 0.4) is 0 Å². The molecule has 7 heteroatoms. The van der Waals surface area contributed by atoms with Gasteiger partial charge < -0.3 is 14.6 Å². The summed E-state index contributed by atoms with van der Waals surface area (Å²) in [7, 11) is 0. The van der Waals surface area contributed by atoms with Crippen LogP contribution in [-0.4, -0.2) is 28.0 Å². The number of benzene rings is 1. The average Bonchev–Trinajstić information content (AvgIpc) is 2.74. The summed E-state index contributed by atoms with van der Waals surface area (Å²) < 4.78 is 21.1. The Balaban J connectivity index is 1.67. The van der Waals surface area contributed by atoms with Gasteiger partial charge in [0.1, 0.15) is 17.5 Å². The van der Waals surface area contributed by atoms with E-state index in [2.05, 4.69) is 20.1 Å². The highest BCUT2D eigenvalue weighted by atomic mass is 35.5. The van der Waals surface area contributed by atoms with Crippen molar-refractivity contribution in [1.29, 1.82) is 0 Å². The molecule has 1 N–H and O–H groups in total. The monoisotopic (exact) mass is 324 g/mol. The first kappa shape index (κ1) is 15.4. The van der Waals surface area contributed by atoms with Crippen LogP contribution in [0.2, 0.25) is 5.02 Å². The Morgan fingerprint density at radius 3 is 3.09 bits per heavy atom. The third-order valence-corrected chi connectivity index (χ3v) is 4.15. The lowest BCUT2D eigenvalue weighted by atomic mass is 10.1. The van der Waals surface area contributed by atoms with Crippen molar-refractivity contribution in [2.24, 2.45) is 0 Å². The van der Waals surface area contributed by atoms with Crippen LogP contribution in [-0.2, 0) is 24.2 Å². The zero-order chi connectivity index (χ0) is 15.5. The Morgan fingerprint density at radius 1 is 1.41 bits per heavy atom. The Kier molecular flexibility index (Phi) is 4.71. The van der Waals surface area contributed by atoms with E-state index in [1.807, 2.05) is 13.0 Å². The first-order valence-corrected chi connectivity index (χ1v) is 7.70. The average molecular weight is 325 g/mol. The van der Waals surface area contributed by atoms with E-state index in [4.69, 9.17) is 16.3 Å². The molecule has 0 saturated heterocycles. The first-order valence-electron chi connectivity index (χ1n) is 7.32. The van der Waals surface area contributed by atoms with Gasteiger partial charge in [0.15, 0.2) is 0 Å². The van der Waals surface area contributed by atoms with Crippen molar-refractivity contribution < 1.29 is 9.13 Å². The second kappa shape index (κ2) is 6.73. The van der Waals surface area contributed by atoms with Crippen molar-refractivity contribution in [2.45, 2.75) is 32.5 Å². The molecule has 0 aliphatic carbocycles. The molecule has 0 amide bonds. The summed E-state index contributed by atoms with van der Waals surface area (Å²) in [6.45, 7) is 4.68. The maximum atomic E-state index is 13.5. The number of halogens is 2. The van der Waals surface area contributed by atoms with Gasteiger partial charge in [0.05, 0.1) is 24.8 Å². The van der Waals surface area contributed by atoms with E-state index < -0.39 is 5.82 Å². The minimum Gasteiger partial charge on any atom is -0.379 e. The van der Waals surface area contributed by atoms with Crippen molar-refractivity contribution in [3.63, 3.8) is 0 Å². The van der Waals surface area contributed by atoms with Crippen LogP contribution in [0.25, 0.3) is 0 Å². The molecule has 2 heterocycles. The van der Waals surface area contributed by atoms with Gasteiger partial charge in [-0.1, -0.05) is 17.7 Å². The van der Waals surface area contributed by atoms with E-state index in [0.29, 0.717) is 19.8 Å². The second-order valence-electron chi connectivity index (χ2n) is 5.32. The molecule has 0 bridgehead atoms. The van der Waals surface area contributed by atoms with Gasteiger partial charge in [-0.15, -0.1) is 10.2 Å². The molecule has 3 rings (SSSR count). The molecule has 118 valence electrons. The minimum atomic E-state index is -0.402. The standard InChI is InChI=1S/C15H18ClFN4O/c1-10(11-2-3-12(16)13(17)8-11)18-9-15-20-19-14-4-6-22-7-5-21(14)15/h2-3,8,10,18H,4-7,9H2,1H3. The maximum absolute atomic E-state index is 13.5. The molecule has 1 atom stereocenters. The summed E-state index contributed by atoms with van der Waals surface area (Å²) in [6, 6.07) is 4.84. The Hall–Kier alpha value is -1.50. The molecule has 1 unspecified atom stereocenters. The number of nitrogens with zero attached hydrogens (tertiary/aromatic N) is 3. The predicted molar refractivity (Wildman–Crippen MR) is 81.2 cm³/mol. The lowest BCUT2D eigenvalue weighted by Crippen LogP contribution is -2.21. The number of nitrogens with one attached hydrogen (secondary N) is 1. The van der Waals surface area contributed by atoms with Crippen LogP contribution in [0.5, 0.6) is 0 Å². The maximum Gasteiger partial charge on any atom is 0.147 e. The fraction of sp³-hybridized carbons (Fsp3) is 0.467. The number of fused-ring (bicyclic) bond motifs is 1. The molecule has 1 aromatic carbocycles.